The molecular weight excluding hydrogens is 404 g/mol. The number of carbonyl (C=O) groups excluding carboxylic acids is 2. The molecule has 0 radical (unpaired) electrons. The third kappa shape index (κ3) is 3.45. The number of benzene rings is 1. The highest BCUT2D eigenvalue weighted by Gasteiger charge is 2.52. The molecule has 0 N–H and O–H groups in total. The quantitative estimate of drug-likeness (QED) is 0.676. The van der Waals surface area contributed by atoms with Crippen molar-refractivity contribution in [3.8, 4) is 0 Å². The van der Waals surface area contributed by atoms with Gasteiger partial charge in [-0.2, -0.15) is 0 Å². The first-order valence-corrected chi connectivity index (χ1v) is 11.8. The second kappa shape index (κ2) is 8.07. The van der Waals surface area contributed by atoms with E-state index in [1.807, 2.05) is 17.9 Å². The fraction of sp³-hybridized carbons (Fsp3) is 0.538. The molecule has 1 spiro atoms. The molecule has 32 heavy (non-hydrogen) atoms. The summed E-state index contributed by atoms with van der Waals surface area (Å²) in [7, 11) is 0. The van der Waals surface area contributed by atoms with Gasteiger partial charge in [0.1, 0.15) is 19.0 Å². The van der Waals surface area contributed by atoms with Crippen LogP contribution in [0, 0.1) is 12.3 Å². The molecule has 6 heteroatoms. The molecule has 2 fully saturated rings. The van der Waals surface area contributed by atoms with Crippen LogP contribution < -0.4 is 0 Å². The molecule has 1 amide bonds. The molecule has 0 aromatic heterocycles. The van der Waals surface area contributed by atoms with Crippen molar-refractivity contribution in [1.82, 2.24) is 9.80 Å². The van der Waals surface area contributed by atoms with Crippen LogP contribution in [0.2, 0.25) is 0 Å². The summed E-state index contributed by atoms with van der Waals surface area (Å²) < 4.78 is 10.9. The first-order valence-electron chi connectivity index (χ1n) is 11.8. The fourth-order valence-corrected chi connectivity index (χ4v) is 5.98. The number of allylic oxidation sites excluding steroid dienone is 1. The number of cyclic esters (lactones) is 1. The van der Waals surface area contributed by atoms with E-state index in [1.54, 1.807) is 0 Å². The van der Waals surface area contributed by atoms with Crippen LogP contribution in [0.25, 0.3) is 5.76 Å². The van der Waals surface area contributed by atoms with Crippen molar-refractivity contribution >= 4 is 17.6 Å². The Morgan fingerprint density at radius 2 is 1.94 bits per heavy atom. The highest BCUT2D eigenvalue weighted by molar-refractivity contribution is 5.91. The Balaban J connectivity index is 1.20. The zero-order chi connectivity index (χ0) is 22.5. The Bertz CT molecular complexity index is 1020. The Hall–Kier alpha value is -2.60. The number of likely N-dealkylation sites (tertiary alicyclic amines) is 2. The SMILES string of the molecule is C/C=C1/OCc2c1ccc(CCN1CCC3(CC1)C[C@H](C)N(C1=CC(=O)OC1)C3=O)c2C. The van der Waals surface area contributed by atoms with Crippen LogP contribution in [0.4, 0.5) is 0 Å². The maximum Gasteiger partial charge on any atom is 0.333 e. The van der Waals surface area contributed by atoms with Crippen molar-refractivity contribution < 1.29 is 19.1 Å². The lowest BCUT2D eigenvalue weighted by Gasteiger charge is -2.38. The molecule has 4 aliphatic rings. The van der Waals surface area contributed by atoms with Gasteiger partial charge in [0.05, 0.1) is 11.1 Å². The summed E-state index contributed by atoms with van der Waals surface area (Å²) in [6.07, 6.45) is 7.16. The van der Waals surface area contributed by atoms with Gasteiger partial charge in [-0.25, -0.2) is 4.79 Å². The number of rotatable bonds is 4. The first-order chi connectivity index (χ1) is 15.4. The van der Waals surface area contributed by atoms with Crippen LogP contribution in [-0.2, 0) is 32.1 Å². The molecule has 0 aliphatic carbocycles. The molecule has 1 aromatic rings. The Morgan fingerprint density at radius 1 is 1.16 bits per heavy atom. The van der Waals surface area contributed by atoms with Gasteiger partial charge >= 0.3 is 5.97 Å². The summed E-state index contributed by atoms with van der Waals surface area (Å²) >= 11 is 0. The molecule has 5 rings (SSSR count). The predicted molar refractivity (Wildman–Crippen MR) is 121 cm³/mol. The number of hydrogen-bond acceptors (Lipinski definition) is 5. The van der Waals surface area contributed by atoms with Gasteiger partial charge in [-0.1, -0.05) is 12.1 Å². The second-order valence-corrected chi connectivity index (χ2v) is 9.66. The lowest BCUT2D eigenvalue weighted by atomic mass is 9.76. The fourth-order valence-electron chi connectivity index (χ4n) is 5.98. The third-order valence-electron chi connectivity index (χ3n) is 7.88. The van der Waals surface area contributed by atoms with Crippen LogP contribution in [0.15, 0.2) is 30.0 Å². The standard InChI is InChI=1S/C26H32N2O4/c1-4-23-21-6-5-19(18(3)22(21)16-31-23)7-10-27-11-8-26(9-12-27)14-17(2)28(25(26)30)20-13-24(29)32-15-20/h4-6,13,17H,7-12,14-16H2,1-3H3/b23-4+/t17-/m0/s1. The van der Waals surface area contributed by atoms with E-state index in [-0.39, 0.29) is 29.9 Å². The van der Waals surface area contributed by atoms with E-state index in [0.717, 1.165) is 56.8 Å². The van der Waals surface area contributed by atoms with Crippen LogP contribution in [-0.4, -0.2) is 54.0 Å². The minimum Gasteiger partial charge on any atom is -0.489 e. The summed E-state index contributed by atoms with van der Waals surface area (Å²) in [5.74, 6) is 0.833. The number of ether oxygens (including phenoxy) is 2. The Morgan fingerprint density at radius 3 is 2.62 bits per heavy atom. The normalized spacial score (nSPS) is 26.0. The highest BCUT2D eigenvalue weighted by Crippen LogP contribution is 2.46. The van der Waals surface area contributed by atoms with Gasteiger partial charge in [-0.15, -0.1) is 0 Å². The minimum absolute atomic E-state index is 0.119. The van der Waals surface area contributed by atoms with E-state index in [9.17, 15) is 9.59 Å². The van der Waals surface area contributed by atoms with E-state index in [0.29, 0.717) is 6.61 Å². The molecule has 4 heterocycles. The molecule has 6 nitrogen and oxygen atoms in total. The van der Waals surface area contributed by atoms with Crippen LogP contribution in [0.3, 0.4) is 0 Å². The van der Waals surface area contributed by atoms with Gasteiger partial charge in [-0.05, 0) is 76.7 Å². The van der Waals surface area contributed by atoms with E-state index >= 15 is 0 Å². The third-order valence-corrected chi connectivity index (χ3v) is 7.88. The summed E-state index contributed by atoms with van der Waals surface area (Å²) in [4.78, 5) is 29.2. The van der Waals surface area contributed by atoms with E-state index in [1.165, 1.54) is 28.3 Å². The number of fused-ring (bicyclic) bond motifs is 1. The van der Waals surface area contributed by atoms with Crippen molar-refractivity contribution in [2.75, 3.05) is 26.2 Å². The van der Waals surface area contributed by atoms with Crippen molar-refractivity contribution in [3.63, 3.8) is 0 Å². The second-order valence-electron chi connectivity index (χ2n) is 9.66. The topological polar surface area (TPSA) is 59.1 Å². The maximum atomic E-state index is 13.4. The predicted octanol–water partition coefficient (Wildman–Crippen LogP) is 3.57. The lowest BCUT2D eigenvalue weighted by Crippen LogP contribution is -2.45. The number of nitrogens with zero attached hydrogens (tertiary/aromatic N) is 2. The molecule has 0 unspecified atom stereocenters. The van der Waals surface area contributed by atoms with Crippen molar-refractivity contribution in [3.05, 3.63) is 52.2 Å². The maximum absolute atomic E-state index is 13.4. The minimum atomic E-state index is -0.342. The number of esters is 1. The van der Waals surface area contributed by atoms with Gasteiger partial charge in [0.2, 0.25) is 5.91 Å². The molecule has 1 atom stereocenters. The summed E-state index contributed by atoms with van der Waals surface area (Å²) in [6, 6.07) is 4.56. The number of amides is 1. The molecule has 2 saturated heterocycles. The Kier molecular flexibility index (Phi) is 5.36. The Labute approximate surface area is 189 Å². The van der Waals surface area contributed by atoms with Crippen molar-refractivity contribution in [1.29, 1.82) is 0 Å². The van der Waals surface area contributed by atoms with E-state index in [2.05, 4.69) is 30.9 Å². The number of piperidine rings is 1. The van der Waals surface area contributed by atoms with Crippen molar-refractivity contribution in [2.24, 2.45) is 5.41 Å². The highest BCUT2D eigenvalue weighted by atomic mass is 16.5. The molecule has 170 valence electrons. The summed E-state index contributed by atoms with van der Waals surface area (Å²) in [5, 5.41) is 0. The molecule has 4 aliphatic heterocycles. The van der Waals surface area contributed by atoms with Gasteiger partial charge in [0.15, 0.2) is 0 Å². The van der Waals surface area contributed by atoms with Gasteiger partial charge in [-0.3, -0.25) is 4.79 Å². The average Bonchev–Trinajstić information content (AvgIpc) is 3.46. The van der Waals surface area contributed by atoms with Gasteiger partial charge in [0.25, 0.3) is 0 Å². The van der Waals surface area contributed by atoms with E-state index in [4.69, 9.17) is 9.47 Å². The molecular formula is C26H32N2O4. The van der Waals surface area contributed by atoms with Crippen molar-refractivity contribution in [2.45, 2.75) is 59.1 Å². The molecule has 0 bridgehead atoms. The smallest absolute Gasteiger partial charge is 0.333 e. The first kappa shape index (κ1) is 21.3. The van der Waals surface area contributed by atoms with Crippen LogP contribution in [0.5, 0.6) is 0 Å². The zero-order valence-electron chi connectivity index (χ0n) is 19.3. The average molecular weight is 437 g/mol. The van der Waals surface area contributed by atoms with Crippen LogP contribution >= 0.6 is 0 Å². The lowest BCUT2D eigenvalue weighted by molar-refractivity contribution is -0.138. The van der Waals surface area contributed by atoms with Gasteiger partial charge < -0.3 is 19.3 Å². The van der Waals surface area contributed by atoms with E-state index < -0.39 is 0 Å². The summed E-state index contributed by atoms with van der Waals surface area (Å²) in [6.45, 7) is 10.1. The largest absolute Gasteiger partial charge is 0.489 e. The summed E-state index contributed by atoms with van der Waals surface area (Å²) in [5.41, 5.74) is 5.74. The van der Waals surface area contributed by atoms with Crippen LogP contribution in [0.1, 0.15) is 55.4 Å². The number of hydrogen-bond donors (Lipinski definition) is 0. The monoisotopic (exact) mass is 436 g/mol. The van der Waals surface area contributed by atoms with Gasteiger partial charge in [0, 0.05) is 29.8 Å². The molecule has 0 saturated carbocycles. The zero-order valence-corrected chi connectivity index (χ0v) is 19.3. The number of carbonyl (C=O) groups is 2. The molecule has 1 aromatic carbocycles.